The maximum atomic E-state index is 14.1. The molecular weight excluding hydrogens is 409 g/mol. The third-order valence-corrected chi connectivity index (χ3v) is 6.90. The number of halogens is 1. The van der Waals surface area contributed by atoms with Crippen LogP contribution in [0.15, 0.2) is 24.4 Å². The topological polar surface area (TPSA) is 79.4 Å². The lowest BCUT2D eigenvalue weighted by atomic mass is 9.95. The predicted octanol–water partition coefficient (Wildman–Crippen LogP) is 3.76. The molecule has 5 rings (SSSR count). The van der Waals surface area contributed by atoms with Crippen LogP contribution in [0.1, 0.15) is 54.4 Å². The van der Waals surface area contributed by atoms with Crippen LogP contribution in [-0.2, 0) is 6.54 Å². The molecule has 32 heavy (non-hydrogen) atoms. The summed E-state index contributed by atoms with van der Waals surface area (Å²) in [5.41, 5.74) is 1.17. The molecule has 2 aromatic rings. The van der Waals surface area contributed by atoms with E-state index in [1.165, 1.54) is 26.0 Å². The van der Waals surface area contributed by atoms with E-state index in [2.05, 4.69) is 20.5 Å². The molecule has 0 bridgehead atoms. The van der Waals surface area contributed by atoms with Crippen LogP contribution >= 0.6 is 0 Å². The Bertz CT molecular complexity index is 984. The highest BCUT2D eigenvalue weighted by Gasteiger charge is 2.46. The molecule has 1 aromatic heterocycles. The van der Waals surface area contributed by atoms with Crippen LogP contribution in [0, 0.1) is 17.7 Å². The number of methoxy groups -OCH3 is 1. The molecule has 7 nitrogen and oxygen atoms in total. The van der Waals surface area contributed by atoms with Crippen LogP contribution < -0.4 is 20.3 Å². The number of fused-ring (bicyclic) bond motifs is 1. The lowest BCUT2D eigenvalue weighted by molar-refractivity contribution is 0.0928. The Morgan fingerprint density at radius 2 is 2.00 bits per heavy atom. The molecule has 8 heteroatoms. The summed E-state index contributed by atoms with van der Waals surface area (Å²) in [5.74, 6) is 2.28. The van der Waals surface area contributed by atoms with Gasteiger partial charge in [0.15, 0.2) is 11.6 Å². The summed E-state index contributed by atoms with van der Waals surface area (Å²) < 4.78 is 19.1. The Hall–Kier alpha value is -2.90. The van der Waals surface area contributed by atoms with Gasteiger partial charge in [0, 0.05) is 31.9 Å². The van der Waals surface area contributed by atoms with E-state index in [0.717, 1.165) is 56.2 Å². The SMILES string of the molecule is COc1ccc(CNc2nc(N3CC4CC4C3)ncc2C(=O)NC2CCCCC2)cc1F. The molecule has 1 aliphatic heterocycles. The molecule has 2 atom stereocenters. The van der Waals surface area contributed by atoms with Crippen molar-refractivity contribution in [2.75, 3.05) is 30.4 Å². The summed E-state index contributed by atoms with van der Waals surface area (Å²) in [6.07, 6.45) is 8.46. The van der Waals surface area contributed by atoms with Crippen LogP contribution in [0.3, 0.4) is 0 Å². The minimum Gasteiger partial charge on any atom is -0.494 e. The molecule has 1 amide bonds. The Morgan fingerprint density at radius 3 is 2.72 bits per heavy atom. The highest BCUT2D eigenvalue weighted by atomic mass is 19.1. The Labute approximate surface area is 187 Å². The van der Waals surface area contributed by atoms with Crippen molar-refractivity contribution in [2.24, 2.45) is 11.8 Å². The summed E-state index contributed by atoms with van der Waals surface area (Å²) in [5, 5.41) is 6.40. The molecule has 170 valence electrons. The number of amides is 1. The Balaban J connectivity index is 1.35. The molecule has 2 N–H and O–H groups in total. The number of ether oxygens (including phenoxy) is 1. The molecule has 2 unspecified atom stereocenters. The molecule has 3 aliphatic rings. The first-order valence-electron chi connectivity index (χ1n) is 11.6. The summed E-state index contributed by atoms with van der Waals surface area (Å²) in [6.45, 7) is 2.29. The van der Waals surface area contributed by atoms with Crippen molar-refractivity contribution in [1.29, 1.82) is 0 Å². The molecule has 2 heterocycles. The molecule has 0 radical (unpaired) electrons. The number of carbonyl (C=O) groups excluding carboxylic acids is 1. The van der Waals surface area contributed by atoms with Crippen LogP contribution in [0.25, 0.3) is 0 Å². The lowest BCUT2D eigenvalue weighted by Gasteiger charge is -2.24. The van der Waals surface area contributed by atoms with Crippen LogP contribution in [0.5, 0.6) is 5.75 Å². The maximum absolute atomic E-state index is 14.1. The Morgan fingerprint density at radius 1 is 1.22 bits per heavy atom. The second-order valence-electron chi connectivity index (χ2n) is 9.22. The number of rotatable bonds is 7. The first-order valence-corrected chi connectivity index (χ1v) is 11.6. The van der Waals surface area contributed by atoms with Gasteiger partial charge in [0.25, 0.3) is 5.91 Å². The fourth-order valence-corrected chi connectivity index (χ4v) is 4.90. The standard InChI is InChI=1S/C24H30FN5O2/c1-32-21-8-7-15(9-20(21)25)11-26-22-19(23(31)28-18-5-3-2-4-6-18)12-27-24(29-22)30-13-16-10-17(16)14-30/h7-9,12,16-18H,2-6,10-11,13-14H2,1H3,(H,28,31)(H,26,27,29). The van der Waals surface area contributed by atoms with Gasteiger partial charge in [0.2, 0.25) is 5.95 Å². The van der Waals surface area contributed by atoms with Gasteiger partial charge in [-0.15, -0.1) is 0 Å². The summed E-state index contributed by atoms with van der Waals surface area (Å²) in [4.78, 5) is 24.5. The van der Waals surface area contributed by atoms with Gasteiger partial charge in [-0.2, -0.15) is 4.98 Å². The fourth-order valence-electron chi connectivity index (χ4n) is 4.90. The van der Waals surface area contributed by atoms with Crippen molar-refractivity contribution in [2.45, 2.75) is 51.1 Å². The van der Waals surface area contributed by atoms with Gasteiger partial charge in [0.1, 0.15) is 11.4 Å². The van der Waals surface area contributed by atoms with Crippen molar-refractivity contribution in [3.63, 3.8) is 0 Å². The van der Waals surface area contributed by atoms with E-state index in [4.69, 9.17) is 9.72 Å². The summed E-state index contributed by atoms with van der Waals surface area (Å²) in [7, 11) is 1.44. The Kier molecular flexibility index (Phi) is 5.85. The first-order chi connectivity index (χ1) is 15.6. The van der Waals surface area contributed by atoms with E-state index in [-0.39, 0.29) is 17.7 Å². The molecule has 3 fully saturated rings. The van der Waals surface area contributed by atoms with Crippen molar-refractivity contribution in [3.05, 3.63) is 41.3 Å². The van der Waals surface area contributed by atoms with Gasteiger partial charge in [-0.3, -0.25) is 4.79 Å². The highest BCUT2D eigenvalue weighted by molar-refractivity contribution is 5.98. The number of carbonyl (C=O) groups is 1. The van der Waals surface area contributed by atoms with Crippen LogP contribution in [0.2, 0.25) is 0 Å². The molecule has 2 saturated carbocycles. The third-order valence-electron chi connectivity index (χ3n) is 6.90. The quantitative estimate of drug-likeness (QED) is 0.684. The monoisotopic (exact) mass is 439 g/mol. The molecule has 0 spiro atoms. The molecule has 1 saturated heterocycles. The molecular formula is C24H30FN5O2. The van der Waals surface area contributed by atoms with Crippen LogP contribution in [0.4, 0.5) is 16.2 Å². The van der Waals surface area contributed by atoms with Gasteiger partial charge in [-0.1, -0.05) is 25.3 Å². The second kappa shape index (κ2) is 8.92. The number of nitrogens with one attached hydrogen (secondary N) is 2. The minimum atomic E-state index is -0.415. The fraction of sp³-hybridized carbons (Fsp3) is 0.542. The molecule has 1 aromatic carbocycles. The highest BCUT2D eigenvalue weighted by Crippen LogP contribution is 2.45. The maximum Gasteiger partial charge on any atom is 0.256 e. The van der Waals surface area contributed by atoms with Gasteiger partial charge < -0.3 is 20.3 Å². The smallest absolute Gasteiger partial charge is 0.256 e. The predicted molar refractivity (Wildman–Crippen MR) is 120 cm³/mol. The zero-order valence-electron chi connectivity index (χ0n) is 18.4. The minimum absolute atomic E-state index is 0.156. The van der Waals surface area contributed by atoms with E-state index >= 15 is 0 Å². The number of aromatic nitrogens is 2. The number of nitrogens with zero attached hydrogens (tertiary/aromatic N) is 3. The van der Waals surface area contributed by atoms with Gasteiger partial charge in [-0.25, -0.2) is 9.37 Å². The third kappa shape index (κ3) is 4.49. The zero-order valence-corrected chi connectivity index (χ0v) is 18.4. The largest absolute Gasteiger partial charge is 0.494 e. The lowest BCUT2D eigenvalue weighted by Crippen LogP contribution is -2.37. The normalized spacial score (nSPS) is 22.4. The van der Waals surface area contributed by atoms with Crippen molar-refractivity contribution >= 4 is 17.7 Å². The van der Waals surface area contributed by atoms with E-state index < -0.39 is 5.82 Å². The zero-order chi connectivity index (χ0) is 22.1. The second-order valence-corrected chi connectivity index (χ2v) is 9.22. The van der Waals surface area contributed by atoms with Gasteiger partial charge in [-0.05, 0) is 48.8 Å². The van der Waals surface area contributed by atoms with E-state index in [1.54, 1.807) is 18.3 Å². The van der Waals surface area contributed by atoms with Gasteiger partial charge >= 0.3 is 0 Å². The average Bonchev–Trinajstić information content (AvgIpc) is 3.43. The number of hydrogen-bond acceptors (Lipinski definition) is 6. The number of anilines is 2. The first kappa shape index (κ1) is 21.0. The van der Waals surface area contributed by atoms with Crippen LogP contribution in [-0.4, -0.2) is 42.1 Å². The van der Waals surface area contributed by atoms with Crippen molar-refractivity contribution in [3.8, 4) is 5.75 Å². The van der Waals surface area contributed by atoms with E-state index in [9.17, 15) is 9.18 Å². The van der Waals surface area contributed by atoms with E-state index in [1.807, 2.05) is 0 Å². The summed E-state index contributed by atoms with van der Waals surface area (Å²) >= 11 is 0. The summed E-state index contributed by atoms with van der Waals surface area (Å²) in [6, 6.07) is 5.03. The van der Waals surface area contributed by atoms with Gasteiger partial charge in [0.05, 0.1) is 7.11 Å². The van der Waals surface area contributed by atoms with Crippen molar-refractivity contribution in [1.82, 2.24) is 15.3 Å². The number of piperidine rings is 1. The van der Waals surface area contributed by atoms with Crippen molar-refractivity contribution < 1.29 is 13.9 Å². The average molecular weight is 440 g/mol. The molecule has 2 aliphatic carbocycles. The number of benzene rings is 1. The van der Waals surface area contributed by atoms with E-state index in [0.29, 0.717) is 23.9 Å². The number of hydrogen-bond donors (Lipinski definition) is 2.